The van der Waals surface area contributed by atoms with Gasteiger partial charge in [-0.1, -0.05) is 0 Å². The van der Waals surface area contributed by atoms with Crippen LogP contribution in [0.2, 0.25) is 0 Å². The minimum atomic E-state index is -2.14. The second-order valence-corrected chi connectivity index (χ2v) is 1.78. The molecule has 1 rings (SSSR count). The summed E-state index contributed by atoms with van der Waals surface area (Å²) in [6.45, 7) is 0. The van der Waals surface area contributed by atoms with Crippen molar-refractivity contribution in [2.75, 3.05) is 0 Å². The minimum absolute atomic E-state index is 0. The minimum Gasteiger partial charge on any atom is -1.00 e. The van der Waals surface area contributed by atoms with Gasteiger partial charge < -0.3 is 2.85 Å². The SMILES string of the molecule is Br.Fc1cc(F)c(F)c(F)c1F.[H-].[H-].[Mg+2]. The second kappa shape index (κ2) is 5.76. The Morgan fingerprint density at radius 2 is 1.08 bits per heavy atom. The van der Waals surface area contributed by atoms with Crippen LogP contribution in [0.4, 0.5) is 22.0 Å². The zero-order valence-corrected chi connectivity index (χ0v) is 9.21. The van der Waals surface area contributed by atoms with Crippen LogP contribution < -0.4 is 0 Å². The number of rotatable bonds is 0. The molecule has 0 heterocycles. The Bertz CT molecular complexity index is 286. The molecular weight excluding hydrogens is 271 g/mol. The van der Waals surface area contributed by atoms with E-state index in [2.05, 4.69) is 0 Å². The van der Waals surface area contributed by atoms with E-state index in [1.807, 2.05) is 0 Å². The average Bonchev–Trinajstić information content (AvgIpc) is 1.97. The van der Waals surface area contributed by atoms with Gasteiger partial charge in [-0.2, -0.15) is 0 Å². The van der Waals surface area contributed by atoms with Crippen LogP contribution in [0.3, 0.4) is 0 Å². The summed E-state index contributed by atoms with van der Waals surface area (Å²) < 4.78 is 60.0. The van der Waals surface area contributed by atoms with Crippen molar-refractivity contribution in [1.82, 2.24) is 0 Å². The number of hydrogen-bond donors (Lipinski definition) is 0. The third-order valence-electron chi connectivity index (χ3n) is 1.06. The Morgan fingerprint density at radius 1 is 0.769 bits per heavy atom. The van der Waals surface area contributed by atoms with Crippen molar-refractivity contribution in [3.63, 3.8) is 0 Å². The molecule has 0 aliphatic rings. The molecule has 0 spiro atoms. The van der Waals surface area contributed by atoms with Gasteiger partial charge in [0.1, 0.15) is 0 Å². The van der Waals surface area contributed by atoms with E-state index in [1.165, 1.54) is 0 Å². The largest absolute Gasteiger partial charge is 2.00 e. The fourth-order valence-electron chi connectivity index (χ4n) is 0.544. The predicted molar refractivity (Wildman–Crippen MR) is 44.5 cm³/mol. The summed E-state index contributed by atoms with van der Waals surface area (Å²) in [5, 5.41) is 0. The van der Waals surface area contributed by atoms with Crippen molar-refractivity contribution in [3.8, 4) is 0 Å². The maximum atomic E-state index is 12.0. The van der Waals surface area contributed by atoms with Gasteiger partial charge in [0.25, 0.3) is 0 Å². The molecule has 72 valence electrons. The van der Waals surface area contributed by atoms with Crippen molar-refractivity contribution >= 4 is 40.0 Å². The van der Waals surface area contributed by atoms with Gasteiger partial charge in [-0.25, -0.2) is 22.0 Å². The quantitative estimate of drug-likeness (QED) is 0.296. The standard InChI is InChI=1S/C6HF5.BrH.Mg.2H/c7-2-1-3(8)5(10)6(11)4(2)9;;;;/h1H;1H;;;/q;;+2;2*-1. The van der Waals surface area contributed by atoms with Crippen molar-refractivity contribution in [2.45, 2.75) is 0 Å². The van der Waals surface area contributed by atoms with Crippen molar-refractivity contribution in [2.24, 2.45) is 0 Å². The molecule has 13 heavy (non-hydrogen) atoms. The first-order valence-electron chi connectivity index (χ1n) is 2.52. The van der Waals surface area contributed by atoms with Crippen LogP contribution in [-0.2, 0) is 0 Å². The molecule has 0 bridgehead atoms. The summed E-state index contributed by atoms with van der Waals surface area (Å²) in [5.74, 6) is -9.65. The van der Waals surface area contributed by atoms with E-state index in [1.54, 1.807) is 0 Å². The van der Waals surface area contributed by atoms with Crippen LogP contribution in [0.1, 0.15) is 2.85 Å². The smallest absolute Gasteiger partial charge is 1.00 e. The molecule has 0 saturated heterocycles. The fraction of sp³-hybridized carbons (Fsp3) is 0. The molecule has 0 aromatic heterocycles. The van der Waals surface area contributed by atoms with Gasteiger partial charge in [0.15, 0.2) is 23.3 Å². The van der Waals surface area contributed by atoms with Gasteiger partial charge in [0.05, 0.1) is 0 Å². The van der Waals surface area contributed by atoms with E-state index < -0.39 is 29.1 Å². The Labute approximate surface area is 100 Å². The third-order valence-corrected chi connectivity index (χ3v) is 1.06. The molecule has 7 heteroatoms. The van der Waals surface area contributed by atoms with Crippen LogP contribution in [-0.4, -0.2) is 23.1 Å². The molecule has 0 saturated carbocycles. The Balaban J connectivity index is -0.000000151. The van der Waals surface area contributed by atoms with E-state index in [4.69, 9.17) is 0 Å². The van der Waals surface area contributed by atoms with E-state index in [-0.39, 0.29) is 49.0 Å². The Hall–Kier alpha value is 0.116. The summed E-state index contributed by atoms with van der Waals surface area (Å²) in [7, 11) is 0. The molecule has 1 aromatic rings. The van der Waals surface area contributed by atoms with E-state index in [0.29, 0.717) is 0 Å². The van der Waals surface area contributed by atoms with Gasteiger partial charge in [-0.05, 0) is 0 Å². The first-order chi connectivity index (χ1) is 5.04. The molecule has 0 N–H and O–H groups in total. The van der Waals surface area contributed by atoms with Crippen LogP contribution in [0.25, 0.3) is 0 Å². The van der Waals surface area contributed by atoms with Gasteiger partial charge in [-0.15, -0.1) is 17.0 Å². The topological polar surface area (TPSA) is 0 Å². The molecule has 0 amide bonds. The van der Waals surface area contributed by atoms with Crippen LogP contribution in [0, 0.1) is 29.1 Å². The molecule has 1 aromatic carbocycles. The van der Waals surface area contributed by atoms with Gasteiger partial charge in [0, 0.05) is 6.07 Å². The van der Waals surface area contributed by atoms with Gasteiger partial charge >= 0.3 is 23.1 Å². The molecule has 0 unspecified atom stereocenters. The second-order valence-electron chi connectivity index (χ2n) is 1.78. The number of benzene rings is 1. The normalized spacial score (nSPS) is 8.69. The summed E-state index contributed by atoms with van der Waals surface area (Å²) in [6, 6.07) is -0.0618. The summed E-state index contributed by atoms with van der Waals surface area (Å²) in [4.78, 5) is 0. The maximum absolute atomic E-state index is 12.0. The molecule has 0 aliphatic carbocycles. The molecule has 0 fully saturated rings. The molecule has 0 atom stereocenters. The first kappa shape index (κ1) is 15.6. The Kier molecular flexibility index (Phi) is 6.91. The zero-order chi connectivity index (χ0) is 8.59. The van der Waals surface area contributed by atoms with Crippen molar-refractivity contribution < 1.29 is 24.8 Å². The van der Waals surface area contributed by atoms with E-state index >= 15 is 0 Å². The summed E-state index contributed by atoms with van der Waals surface area (Å²) >= 11 is 0. The monoisotopic (exact) mass is 274 g/mol. The van der Waals surface area contributed by atoms with Crippen LogP contribution >= 0.6 is 17.0 Å². The summed E-state index contributed by atoms with van der Waals surface area (Å²) in [5.41, 5.74) is 0. The first-order valence-corrected chi connectivity index (χ1v) is 2.52. The predicted octanol–water partition coefficient (Wildman–Crippen LogP) is 2.80. The van der Waals surface area contributed by atoms with E-state index in [9.17, 15) is 22.0 Å². The van der Waals surface area contributed by atoms with Crippen molar-refractivity contribution in [1.29, 1.82) is 0 Å². The molecule has 0 nitrogen and oxygen atoms in total. The average molecular weight is 275 g/mol. The number of halogens is 6. The van der Waals surface area contributed by atoms with E-state index in [0.717, 1.165) is 0 Å². The fourth-order valence-corrected chi connectivity index (χ4v) is 0.544. The van der Waals surface area contributed by atoms with Gasteiger partial charge in [-0.3, -0.25) is 0 Å². The number of hydrogen-bond acceptors (Lipinski definition) is 0. The Morgan fingerprint density at radius 3 is 1.38 bits per heavy atom. The molecular formula is C6H4BrF5Mg. The molecule has 0 radical (unpaired) electrons. The summed E-state index contributed by atoms with van der Waals surface area (Å²) in [6.07, 6.45) is 0. The zero-order valence-electron chi connectivity index (χ0n) is 8.08. The third kappa shape index (κ3) is 3.06. The van der Waals surface area contributed by atoms with Crippen molar-refractivity contribution in [3.05, 3.63) is 35.2 Å². The van der Waals surface area contributed by atoms with Gasteiger partial charge in [0.2, 0.25) is 5.82 Å². The molecule has 0 aliphatic heterocycles. The maximum Gasteiger partial charge on any atom is 2.00 e. The van der Waals surface area contributed by atoms with Crippen LogP contribution in [0.15, 0.2) is 6.07 Å². The van der Waals surface area contributed by atoms with Crippen LogP contribution in [0.5, 0.6) is 0 Å².